The van der Waals surface area contributed by atoms with Crippen LogP contribution in [0.5, 0.6) is 0 Å². The molecule has 24 rings (SSSR count). The van der Waals surface area contributed by atoms with Gasteiger partial charge in [0.05, 0.1) is 48.8 Å². The van der Waals surface area contributed by atoms with E-state index in [-0.39, 0.29) is 0 Å². The van der Waals surface area contributed by atoms with Gasteiger partial charge in [0.2, 0.25) is 0 Å². The molecule has 0 spiro atoms. The van der Waals surface area contributed by atoms with E-state index in [2.05, 4.69) is 431 Å². The second-order valence-electron chi connectivity index (χ2n) is 29.8. The average Bonchev–Trinajstić information content (AvgIpc) is 1.56. The minimum atomic E-state index is 1.16. The lowest BCUT2D eigenvalue weighted by Crippen LogP contribution is -1.94. The van der Waals surface area contributed by atoms with Crippen molar-refractivity contribution in [1.82, 2.24) is 18.3 Å². The molecule has 0 amide bonds. The van der Waals surface area contributed by atoms with Crippen LogP contribution >= 0.6 is 22.7 Å². The highest BCUT2D eigenvalue weighted by Gasteiger charge is 2.24. The summed E-state index contributed by atoms with van der Waals surface area (Å²) in [5.74, 6) is 0. The molecule has 6 aromatic heterocycles. The zero-order valence-electron chi connectivity index (χ0n) is 61.9. The molecule has 0 aliphatic carbocycles. The first-order valence-corrected chi connectivity index (χ1v) is 40.6. The lowest BCUT2D eigenvalue weighted by Gasteiger charge is -2.11. The first kappa shape index (κ1) is 65.5. The fourth-order valence-electron chi connectivity index (χ4n) is 18.1. The molecule has 0 aliphatic rings. The Morgan fingerprint density at radius 3 is 0.930 bits per heavy atom. The van der Waals surface area contributed by atoms with Crippen molar-refractivity contribution < 1.29 is 0 Å². The summed E-state index contributed by atoms with van der Waals surface area (Å²) in [4.78, 5) is 0. The van der Waals surface area contributed by atoms with Crippen LogP contribution in [0.25, 0.3) is 217 Å². The van der Waals surface area contributed by atoms with Gasteiger partial charge in [0.1, 0.15) is 0 Å². The summed E-state index contributed by atoms with van der Waals surface area (Å²) in [7, 11) is 0. The fraction of sp³-hybridized carbons (Fsp3) is 0. The van der Waals surface area contributed by atoms with Gasteiger partial charge in [0.25, 0.3) is 0 Å². The van der Waals surface area contributed by atoms with E-state index >= 15 is 0 Å². The van der Waals surface area contributed by atoms with Crippen molar-refractivity contribution in [3.8, 4) is 89.5 Å². The van der Waals surface area contributed by atoms with Crippen molar-refractivity contribution in [1.29, 1.82) is 0 Å². The largest absolute Gasteiger partial charge is 0.309 e. The average molecular weight is 1490 g/mol. The smallest absolute Gasteiger partial charge is 0.0719 e. The highest BCUT2D eigenvalue weighted by molar-refractivity contribution is 7.27. The first-order chi connectivity index (χ1) is 56.5. The minimum absolute atomic E-state index is 1.16. The van der Waals surface area contributed by atoms with Crippen molar-refractivity contribution in [3.05, 3.63) is 413 Å². The Balaban J connectivity index is 0.000000135. The number of hydrogen-bond donors (Lipinski definition) is 0. The molecule has 0 bridgehead atoms. The van der Waals surface area contributed by atoms with Crippen LogP contribution in [0.2, 0.25) is 0 Å². The third-order valence-corrected chi connectivity index (χ3v) is 25.8. The minimum Gasteiger partial charge on any atom is -0.309 e. The molecule has 0 fully saturated rings. The van der Waals surface area contributed by atoms with E-state index in [0.717, 1.165) is 17.1 Å². The van der Waals surface area contributed by atoms with Crippen molar-refractivity contribution in [2.75, 3.05) is 0 Å². The van der Waals surface area contributed by atoms with Gasteiger partial charge in [-0.3, -0.25) is 0 Å². The zero-order chi connectivity index (χ0) is 74.9. The van der Waals surface area contributed by atoms with E-state index in [0.29, 0.717) is 0 Å². The summed E-state index contributed by atoms with van der Waals surface area (Å²) < 4.78 is 15.1. The van der Waals surface area contributed by atoms with Crippen LogP contribution in [0.4, 0.5) is 0 Å². The number of rotatable bonds is 10. The molecular weight excluding hydrogens is 1420 g/mol. The summed E-state index contributed by atoms with van der Waals surface area (Å²) in [6, 6.07) is 151. The Kier molecular flexibility index (Phi) is 15.3. The fourth-order valence-corrected chi connectivity index (χ4v) is 20.6. The molecule has 532 valence electrons. The normalized spacial score (nSPS) is 11.9. The lowest BCUT2D eigenvalue weighted by molar-refractivity contribution is 1.18. The van der Waals surface area contributed by atoms with Gasteiger partial charge in [0.15, 0.2) is 0 Å². The lowest BCUT2D eigenvalue weighted by atomic mass is 10.00. The molecule has 0 saturated heterocycles. The van der Waals surface area contributed by atoms with Crippen LogP contribution in [-0.2, 0) is 0 Å². The third kappa shape index (κ3) is 10.7. The Morgan fingerprint density at radius 1 is 0.149 bits per heavy atom. The Bertz CT molecular complexity index is 7930. The number of aromatic nitrogens is 4. The maximum atomic E-state index is 2.50. The molecule has 18 aromatic carbocycles. The van der Waals surface area contributed by atoms with E-state index in [1.807, 2.05) is 22.7 Å². The topological polar surface area (TPSA) is 19.7 Å². The maximum absolute atomic E-state index is 2.50. The number of fused-ring (bicyclic) bond motifs is 20. The molecule has 0 unspecified atom stereocenters. The molecule has 0 saturated carbocycles. The second kappa shape index (κ2) is 26.7. The summed E-state index contributed by atoms with van der Waals surface area (Å²) >= 11 is 3.80. The first-order valence-electron chi connectivity index (χ1n) is 39.0. The summed E-state index contributed by atoms with van der Waals surface area (Å²) in [5.41, 5.74) is 29.0. The van der Waals surface area contributed by atoms with Gasteiger partial charge in [-0.15, -0.1) is 22.7 Å². The van der Waals surface area contributed by atoms with Crippen LogP contribution in [-0.4, -0.2) is 18.3 Å². The Morgan fingerprint density at radius 2 is 0.447 bits per heavy atom. The van der Waals surface area contributed by atoms with Crippen molar-refractivity contribution >= 4 is 150 Å². The number of nitrogens with zero attached hydrogens (tertiary/aromatic N) is 4. The van der Waals surface area contributed by atoms with Crippen molar-refractivity contribution in [2.24, 2.45) is 0 Å². The summed E-state index contributed by atoms with van der Waals surface area (Å²) in [6.45, 7) is 0. The predicted molar refractivity (Wildman–Crippen MR) is 489 cm³/mol. The van der Waals surface area contributed by atoms with Gasteiger partial charge >= 0.3 is 0 Å². The molecule has 24 aromatic rings. The van der Waals surface area contributed by atoms with Crippen LogP contribution < -0.4 is 0 Å². The molecule has 0 N–H and O–H groups in total. The van der Waals surface area contributed by atoms with Crippen LogP contribution in [0, 0.1) is 0 Å². The summed E-state index contributed by atoms with van der Waals surface area (Å²) in [5, 5.41) is 15.4. The van der Waals surface area contributed by atoms with E-state index in [1.165, 1.54) is 200 Å². The van der Waals surface area contributed by atoms with Crippen molar-refractivity contribution in [3.63, 3.8) is 0 Å². The number of para-hydroxylation sites is 2. The zero-order valence-corrected chi connectivity index (χ0v) is 63.5. The van der Waals surface area contributed by atoms with E-state index in [9.17, 15) is 0 Å². The van der Waals surface area contributed by atoms with Gasteiger partial charge < -0.3 is 18.3 Å². The van der Waals surface area contributed by atoms with Gasteiger partial charge in [-0.05, 0) is 194 Å². The van der Waals surface area contributed by atoms with Crippen LogP contribution in [0.1, 0.15) is 0 Å². The number of benzene rings is 18. The van der Waals surface area contributed by atoms with E-state index in [1.54, 1.807) is 0 Å². The Labute approximate surface area is 665 Å². The van der Waals surface area contributed by atoms with Gasteiger partial charge in [-0.25, -0.2) is 0 Å². The highest BCUT2D eigenvalue weighted by atomic mass is 32.1. The third-order valence-electron chi connectivity index (χ3n) is 23.4. The molecule has 0 radical (unpaired) electrons. The molecule has 0 atom stereocenters. The van der Waals surface area contributed by atoms with Gasteiger partial charge in [-0.2, -0.15) is 0 Å². The van der Waals surface area contributed by atoms with Gasteiger partial charge in [0, 0.05) is 101 Å². The molecule has 0 aliphatic heterocycles. The molecule has 114 heavy (non-hydrogen) atoms. The highest BCUT2D eigenvalue weighted by Crippen LogP contribution is 2.48. The molecule has 6 heteroatoms. The standard InChI is InChI=1S/2C54H34N2S/c1-3-12-35(13-4-1)37-22-26-41(27-23-37)55-49-20-9-7-18-43(49)47-33-39(24-30-50(47)55)40-25-31-51-48(34-40)45-28-29-46-44-19-8-10-21-52(44)57-54(46)53(45)56(51)42-17-11-16-38(32-42)36-14-5-2-6-15-36;1-3-12-35(13-4-1)37-22-26-41(27-23-37)55-48-20-9-7-18-43(48)46-33-39(24-29-49(46)55)40-25-30-50-47(34-40)53-51(31-28-45-44-19-8-10-21-52(44)57-54(45)53)56(50)42-17-11-16-38(32-42)36-14-5-2-6-15-36/h2*1-34H. The van der Waals surface area contributed by atoms with E-state index < -0.39 is 0 Å². The SMILES string of the molecule is c1ccc(-c2ccc(-n3c4ccccc4c4cc(-c5ccc6c(c5)c5c7sc8ccccc8c7ccc5n6-c5cccc(-c6ccccc6)c5)ccc43)cc2)cc1.c1ccc(-c2ccc(-n3c4ccccc4c4cc(-c5ccc6c(c5)c5ccc7c8ccccc8sc7c5n6-c5cccc(-c6ccccc6)c5)ccc43)cc2)cc1. The Hall–Kier alpha value is -14.4. The summed E-state index contributed by atoms with van der Waals surface area (Å²) in [6.07, 6.45) is 0. The quantitative estimate of drug-likeness (QED) is 0.130. The monoisotopic (exact) mass is 1480 g/mol. The van der Waals surface area contributed by atoms with Gasteiger partial charge in [-0.1, -0.05) is 285 Å². The van der Waals surface area contributed by atoms with Crippen LogP contribution in [0.15, 0.2) is 413 Å². The van der Waals surface area contributed by atoms with Crippen molar-refractivity contribution in [2.45, 2.75) is 0 Å². The number of thiophene rings is 2. The second-order valence-corrected chi connectivity index (χ2v) is 31.9. The molecular formula is C108H68N4S2. The molecule has 4 nitrogen and oxygen atoms in total. The molecule has 6 heterocycles. The number of hydrogen-bond acceptors (Lipinski definition) is 2. The maximum Gasteiger partial charge on any atom is 0.0719 e. The van der Waals surface area contributed by atoms with E-state index in [4.69, 9.17) is 0 Å². The predicted octanol–water partition coefficient (Wildman–Crippen LogP) is 30.5. The van der Waals surface area contributed by atoms with Crippen LogP contribution in [0.3, 0.4) is 0 Å².